The average Bonchev–Trinajstić information content (AvgIpc) is 3.51. The fourth-order valence-corrected chi connectivity index (χ4v) is 6.34. The number of aliphatic hydroxyl groups excluding tert-OH is 1. The number of amides is 1. The highest BCUT2D eigenvalue weighted by Gasteiger charge is 2.45. The average molecular weight is 421 g/mol. The van der Waals surface area contributed by atoms with Crippen LogP contribution in [-0.4, -0.2) is 52.8 Å². The summed E-state index contributed by atoms with van der Waals surface area (Å²) < 4.78 is 7.86. The SMILES string of the molecule is COC1(CO)CCN(c2c3c(c(C(N)=O)c4nc5ccccc5n24)C2CCC3C2)CC1. The first-order chi connectivity index (χ1) is 15.1. The predicted octanol–water partition coefficient (Wildman–Crippen LogP) is 2.93. The molecule has 3 N–H and O–H groups in total. The monoisotopic (exact) mass is 420 g/mol. The zero-order chi connectivity index (χ0) is 21.3. The van der Waals surface area contributed by atoms with Gasteiger partial charge in [0.1, 0.15) is 5.82 Å². The minimum absolute atomic E-state index is 0.0319. The van der Waals surface area contributed by atoms with Crippen molar-refractivity contribution in [2.45, 2.75) is 49.5 Å². The topological polar surface area (TPSA) is 93.1 Å². The van der Waals surface area contributed by atoms with E-state index in [1.54, 1.807) is 7.11 Å². The molecule has 6 rings (SSSR count). The van der Waals surface area contributed by atoms with Gasteiger partial charge in [0.2, 0.25) is 0 Å². The number of benzene rings is 1. The van der Waals surface area contributed by atoms with Gasteiger partial charge in [-0.3, -0.25) is 9.20 Å². The number of aliphatic hydroxyl groups is 1. The minimum Gasteiger partial charge on any atom is -0.393 e. The van der Waals surface area contributed by atoms with Crippen LogP contribution in [0.4, 0.5) is 5.82 Å². The number of carbonyl (C=O) groups is 1. The van der Waals surface area contributed by atoms with Gasteiger partial charge in [-0.25, -0.2) is 4.98 Å². The Balaban J connectivity index is 1.64. The van der Waals surface area contributed by atoms with Crippen molar-refractivity contribution in [3.05, 3.63) is 41.0 Å². The number of anilines is 1. The summed E-state index contributed by atoms with van der Waals surface area (Å²) in [5.74, 6) is 1.64. The molecule has 162 valence electrons. The van der Waals surface area contributed by atoms with Crippen molar-refractivity contribution >= 4 is 28.4 Å². The summed E-state index contributed by atoms with van der Waals surface area (Å²) in [5.41, 5.74) is 11.1. The lowest BCUT2D eigenvalue weighted by Crippen LogP contribution is -2.48. The summed E-state index contributed by atoms with van der Waals surface area (Å²) in [6, 6.07) is 8.06. The van der Waals surface area contributed by atoms with Gasteiger partial charge in [0.15, 0.2) is 5.65 Å². The van der Waals surface area contributed by atoms with Crippen molar-refractivity contribution in [2.24, 2.45) is 5.73 Å². The minimum atomic E-state index is -0.470. The van der Waals surface area contributed by atoms with Crippen molar-refractivity contribution < 1.29 is 14.6 Å². The van der Waals surface area contributed by atoms with Gasteiger partial charge in [0.05, 0.1) is 28.8 Å². The van der Waals surface area contributed by atoms with Crippen molar-refractivity contribution in [1.82, 2.24) is 9.38 Å². The number of nitrogens with two attached hydrogens (primary N) is 1. The lowest BCUT2D eigenvalue weighted by atomic mass is 9.87. The number of methoxy groups -OCH3 is 1. The van der Waals surface area contributed by atoms with Crippen LogP contribution in [0.2, 0.25) is 0 Å². The number of aromatic nitrogens is 2. The standard InChI is InChI=1S/C24H28N4O3/c1-31-24(13-29)8-10-27(11-9-24)23-19-15-7-6-14(12-15)18(19)20(21(25)30)22-26-16-4-2-3-5-17(16)28(22)23/h2-5,14-15,29H,6-13H2,1H3,(H2,25,30). The zero-order valence-electron chi connectivity index (χ0n) is 17.8. The maximum absolute atomic E-state index is 12.7. The Morgan fingerprint density at radius 3 is 2.61 bits per heavy atom. The quantitative estimate of drug-likeness (QED) is 0.677. The molecule has 2 aromatic heterocycles. The van der Waals surface area contributed by atoms with Crippen LogP contribution in [-0.2, 0) is 4.74 Å². The molecule has 2 aliphatic carbocycles. The molecule has 1 aromatic carbocycles. The Morgan fingerprint density at radius 1 is 1.23 bits per heavy atom. The number of para-hydroxylation sites is 2. The van der Waals surface area contributed by atoms with E-state index in [0.29, 0.717) is 23.0 Å². The van der Waals surface area contributed by atoms with Gasteiger partial charge in [0, 0.05) is 25.8 Å². The number of imidazole rings is 1. The van der Waals surface area contributed by atoms with Crippen molar-refractivity contribution in [3.63, 3.8) is 0 Å². The molecule has 0 spiro atoms. The largest absolute Gasteiger partial charge is 0.393 e. The van der Waals surface area contributed by atoms with Crippen molar-refractivity contribution in [3.8, 4) is 0 Å². The molecule has 3 heterocycles. The Kier molecular flexibility index (Phi) is 4.11. The van der Waals surface area contributed by atoms with Crippen LogP contribution in [0, 0.1) is 0 Å². The van der Waals surface area contributed by atoms with Crippen molar-refractivity contribution in [2.75, 3.05) is 31.7 Å². The van der Waals surface area contributed by atoms with Crippen LogP contribution >= 0.6 is 0 Å². The molecule has 3 aromatic rings. The Morgan fingerprint density at radius 2 is 1.94 bits per heavy atom. The van der Waals surface area contributed by atoms with Gasteiger partial charge in [0.25, 0.3) is 5.91 Å². The zero-order valence-corrected chi connectivity index (χ0v) is 17.8. The van der Waals surface area contributed by atoms with Crippen LogP contribution < -0.4 is 10.6 Å². The first kappa shape index (κ1) is 19.1. The molecule has 31 heavy (non-hydrogen) atoms. The summed E-state index contributed by atoms with van der Waals surface area (Å²) >= 11 is 0. The highest BCUT2D eigenvalue weighted by atomic mass is 16.5. The van der Waals surface area contributed by atoms with Gasteiger partial charge >= 0.3 is 0 Å². The number of hydrogen-bond donors (Lipinski definition) is 2. The first-order valence-electron chi connectivity index (χ1n) is 11.2. The van der Waals surface area contributed by atoms with Gasteiger partial charge in [-0.15, -0.1) is 0 Å². The van der Waals surface area contributed by atoms with E-state index >= 15 is 0 Å². The van der Waals surface area contributed by atoms with Crippen molar-refractivity contribution in [1.29, 1.82) is 0 Å². The first-order valence-corrected chi connectivity index (χ1v) is 11.2. The summed E-state index contributed by atoms with van der Waals surface area (Å²) in [5, 5.41) is 9.91. The van der Waals surface area contributed by atoms with Gasteiger partial charge in [-0.1, -0.05) is 12.1 Å². The number of fused-ring (bicyclic) bond motifs is 8. The molecule has 0 radical (unpaired) electrons. The Hall–Kier alpha value is -2.64. The van der Waals surface area contributed by atoms with E-state index in [1.807, 2.05) is 18.2 Å². The number of primary amides is 1. The number of nitrogens with zero attached hydrogens (tertiary/aromatic N) is 3. The molecular formula is C24H28N4O3. The second kappa shape index (κ2) is 6.68. The third kappa shape index (κ3) is 2.53. The molecule has 2 unspecified atom stereocenters. The second-order valence-electron chi connectivity index (χ2n) is 9.39. The third-order valence-corrected chi connectivity index (χ3v) is 7.99. The fourth-order valence-electron chi connectivity index (χ4n) is 6.34. The van der Waals surface area contributed by atoms with E-state index in [1.165, 1.54) is 11.4 Å². The van der Waals surface area contributed by atoms with Crippen LogP contribution in [0.3, 0.4) is 0 Å². The third-order valence-electron chi connectivity index (χ3n) is 7.99. The van der Waals surface area contributed by atoms with E-state index in [2.05, 4.69) is 15.4 Å². The molecule has 2 bridgehead atoms. The molecule has 7 heteroatoms. The summed E-state index contributed by atoms with van der Waals surface area (Å²) in [6.45, 7) is 1.61. The fraction of sp³-hybridized carbons (Fsp3) is 0.500. The van der Waals surface area contributed by atoms with Crippen LogP contribution in [0.5, 0.6) is 0 Å². The molecular weight excluding hydrogens is 392 g/mol. The highest BCUT2D eigenvalue weighted by Crippen LogP contribution is 2.58. The maximum Gasteiger partial charge on any atom is 0.252 e. The number of pyridine rings is 1. The van der Waals surface area contributed by atoms with Gasteiger partial charge < -0.3 is 20.5 Å². The Bertz CT molecular complexity index is 1200. The van der Waals surface area contributed by atoms with E-state index < -0.39 is 5.60 Å². The summed E-state index contributed by atoms with van der Waals surface area (Å²) in [4.78, 5) is 20.0. The lowest BCUT2D eigenvalue weighted by Gasteiger charge is -2.42. The lowest BCUT2D eigenvalue weighted by molar-refractivity contribution is -0.0673. The molecule has 3 aliphatic rings. The molecule has 1 saturated carbocycles. The molecule has 1 aliphatic heterocycles. The van der Waals surface area contributed by atoms with Gasteiger partial charge in [-0.05, 0) is 61.6 Å². The highest BCUT2D eigenvalue weighted by molar-refractivity contribution is 6.04. The number of piperidine rings is 1. The number of hydrogen-bond acceptors (Lipinski definition) is 5. The molecule has 2 fully saturated rings. The summed E-state index contributed by atoms with van der Waals surface area (Å²) in [7, 11) is 1.69. The molecule has 7 nitrogen and oxygen atoms in total. The van der Waals surface area contributed by atoms with E-state index in [-0.39, 0.29) is 12.5 Å². The van der Waals surface area contributed by atoms with E-state index in [0.717, 1.165) is 61.8 Å². The maximum atomic E-state index is 12.7. The van der Waals surface area contributed by atoms with E-state index in [4.69, 9.17) is 15.5 Å². The van der Waals surface area contributed by atoms with Gasteiger partial charge in [-0.2, -0.15) is 0 Å². The predicted molar refractivity (Wildman–Crippen MR) is 119 cm³/mol. The summed E-state index contributed by atoms with van der Waals surface area (Å²) in [6.07, 6.45) is 4.89. The number of ether oxygens (including phenoxy) is 1. The number of rotatable bonds is 4. The smallest absolute Gasteiger partial charge is 0.252 e. The van der Waals surface area contributed by atoms with Crippen LogP contribution in [0.25, 0.3) is 16.7 Å². The van der Waals surface area contributed by atoms with Crippen LogP contribution in [0.1, 0.15) is 65.4 Å². The molecule has 2 atom stereocenters. The van der Waals surface area contributed by atoms with Crippen LogP contribution in [0.15, 0.2) is 24.3 Å². The second-order valence-corrected chi connectivity index (χ2v) is 9.39. The molecule has 1 amide bonds. The Labute approximate surface area is 180 Å². The molecule has 1 saturated heterocycles. The normalized spacial score (nSPS) is 24.3. The van der Waals surface area contributed by atoms with E-state index in [9.17, 15) is 9.90 Å². The number of carbonyl (C=O) groups excluding carboxylic acids is 1.